The summed E-state index contributed by atoms with van der Waals surface area (Å²) in [5.74, 6) is 0. The Morgan fingerprint density at radius 3 is 2.71 bits per heavy atom. The van der Waals surface area contributed by atoms with Gasteiger partial charge in [0.15, 0.2) is 0 Å². The van der Waals surface area contributed by atoms with Gasteiger partial charge in [0.2, 0.25) is 0 Å². The van der Waals surface area contributed by atoms with Crippen molar-refractivity contribution in [1.82, 2.24) is 5.32 Å². The minimum atomic E-state index is -0.233. The van der Waals surface area contributed by atoms with Gasteiger partial charge in [0.25, 0.3) is 0 Å². The van der Waals surface area contributed by atoms with Gasteiger partial charge in [-0.2, -0.15) is 0 Å². The van der Waals surface area contributed by atoms with E-state index in [4.69, 9.17) is 0 Å². The highest BCUT2D eigenvalue weighted by Crippen LogP contribution is 2.04. The summed E-state index contributed by atoms with van der Waals surface area (Å²) >= 11 is 0. The maximum Gasteiger partial charge on any atom is 0.0664 e. The maximum absolute atomic E-state index is 9.74. The van der Waals surface area contributed by atoms with E-state index in [0.29, 0.717) is 6.54 Å². The number of aliphatic hydroxyl groups is 1. The van der Waals surface area contributed by atoms with Gasteiger partial charge in [0.05, 0.1) is 6.10 Å². The third kappa shape index (κ3) is 6.93. The molecular formula is C15H23NO. The molecule has 2 heteroatoms. The maximum atomic E-state index is 9.74. The monoisotopic (exact) mass is 233 g/mol. The zero-order valence-electron chi connectivity index (χ0n) is 10.4. The van der Waals surface area contributed by atoms with Crippen LogP contribution in [0.5, 0.6) is 0 Å². The summed E-state index contributed by atoms with van der Waals surface area (Å²) < 4.78 is 0. The lowest BCUT2D eigenvalue weighted by Gasteiger charge is -2.11. The Morgan fingerprint density at radius 1 is 1.24 bits per heavy atom. The van der Waals surface area contributed by atoms with Gasteiger partial charge in [0, 0.05) is 13.1 Å². The van der Waals surface area contributed by atoms with Gasteiger partial charge in [-0.25, -0.2) is 0 Å². The van der Waals surface area contributed by atoms with Crippen molar-refractivity contribution in [2.75, 3.05) is 6.54 Å². The van der Waals surface area contributed by atoms with Crippen LogP contribution in [-0.4, -0.2) is 17.8 Å². The fourth-order valence-electron chi connectivity index (χ4n) is 1.75. The standard InChI is InChI=1S/C15H23NO/c1-2-3-4-8-11-15(17)13-16-12-14-9-6-5-7-10-14/h2,5-7,9-10,15-17H,1,3-4,8,11-13H2. The highest BCUT2D eigenvalue weighted by atomic mass is 16.3. The first kappa shape index (κ1) is 13.9. The van der Waals surface area contributed by atoms with Gasteiger partial charge in [-0.15, -0.1) is 6.58 Å². The van der Waals surface area contributed by atoms with Gasteiger partial charge in [-0.05, 0) is 24.8 Å². The summed E-state index contributed by atoms with van der Waals surface area (Å²) in [7, 11) is 0. The van der Waals surface area contributed by atoms with Crippen LogP contribution in [0.15, 0.2) is 43.0 Å². The van der Waals surface area contributed by atoms with Crippen molar-refractivity contribution in [3.63, 3.8) is 0 Å². The Bertz CT molecular complexity index is 297. The van der Waals surface area contributed by atoms with Crippen molar-refractivity contribution in [1.29, 1.82) is 0 Å². The number of benzene rings is 1. The lowest BCUT2D eigenvalue weighted by molar-refractivity contribution is 0.158. The number of unbranched alkanes of at least 4 members (excludes halogenated alkanes) is 2. The van der Waals surface area contributed by atoms with Crippen molar-refractivity contribution in [3.05, 3.63) is 48.6 Å². The highest BCUT2D eigenvalue weighted by Gasteiger charge is 2.02. The number of nitrogens with one attached hydrogen (secondary N) is 1. The highest BCUT2D eigenvalue weighted by molar-refractivity contribution is 5.14. The van der Waals surface area contributed by atoms with Gasteiger partial charge in [-0.1, -0.05) is 42.8 Å². The van der Waals surface area contributed by atoms with Crippen LogP contribution in [0.2, 0.25) is 0 Å². The van der Waals surface area contributed by atoms with E-state index in [0.717, 1.165) is 32.2 Å². The van der Waals surface area contributed by atoms with E-state index in [1.165, 1.54) is 5.56 Å². The Balaban J connectivity index is 2.04. The van der Waals surface area contributed by atoms with Crippen molar-refractivity contribution in [2.45, 2.75) is 38.3 Å². The molecule has 0 aliphatic carbocycles. The fraction of sp³-hybridized carbons (Fsp3) is 0.467. The molecule has 1 atom stereocenters. The Labute approximate surface area is 104 Å². The summed E-state index contributed by atoms with van der Waals surface area (Å²) in [6, 6.07) is 10.2. The first-order chi connectivity index (χ1) is 8.33. The molecule has 0 heterocycles. The van der Waals surface area contributed by atoms with E-state index in [9.17, 15) is 5.11 Å². The average Bonchev–Trinajstić information content (AvgIpc) is 2.36. The van der Waals surface area contributed by atoms with E-state index in [-0.39, 0.29) is 6.10 Å². The first-order valence-electron chi connectivity index (χ1n) is 6.36. The smallest absolute Gasteiger partial charge is 0.0664 e. The van der Waals surface area contributed by atoms with Gasteiger partial charge in [0.1, 0.15) is 0 Å². The van der Waals surface area contributed by atoms with Gasteiger partial charge < -0.3 is 10.4 Å². The lowest BCUT2D eigenvalue weighted by Crippen LogP contribution is -2.26. The number of rotatable bonds is 9. The molecule has 0 aliphatic rings. The molecule has 94 valence electrons. The molecule has 1 aromatic carbocycles. The second kappa shape index (κ2) is 8.97. The molecule has 0 saturated heterocycles. The van der Waals surface area contributed by atoms with Crippen LogP contribution < -0.4 is 5.32 Å². The van der Waals surface area contributed by atoms with E-state index >= 15 is 0 Å². The number of hydrogen-bond donors (Lipinski definition) is 2. The molecule has 0 saturated carbocycles. The van der Waals surface area contributed by atoms with Gasteiger partial charge in [-0.3, -0.25) is 0 Å². The molecule has 0 aliphatic heterocycles. The molecule has 1 aromatic rings. The van der Waals surface area contributed by atoms with Crippen LogP contribution in [0, 0.1) is 0 Å². The number of aliphatic hydroxyl groups excluding tert-OH is 1. The minimum absolute atomic E-state index is 0.233. The summed E-state index contributed by atoms with van der Waals surface area (Å²) in [5, 5.41) is 13.0. The summed E-state index contributed by atoms with van der Waals surface area (Å²) in [6.45, 7) is 5.18. The zero-order chi connectivity index (χ0) is 12.3. The molecule has 0 amide bonds. The SMILES string of the molecule is C=CCCCCC(O)CNCc1ccccc1. The molecule has 0 bridgehead atoms. The summed E-state index contributed by atoms with van der Waals surface area (Å²) in [6.07, 6.45) is 5.81. The molecular weight excluding hydrogens is 210 g/mol. The largest absolute Gasteiger partial charge is 0.392 e. The molecule has 2 nitrogen and oxygen atoms in total. The Morgan fingerprint density at radius 2 is 2.00 bits per heavy atom. The van der Waals surface area contributed by atoms with Crippen molar-refractivity contribution in [2.24, 2.45) is 0 Å². The lowest BCUT2D eigenvalue weighted by atomic mass is 10.1. The third-order valence-electron chi connectivity index (χ3n) is 2.75. The Hall–Kier alpha value is -1.12. The first-order valence-corrected chi connectivity index (χ1v) is 6.36. The van der Waals surface area contributed by atoms with Crippen LogP contribution in [0.25, 0.3) is 0 Å². The van der Waals surface area contributed by atoms with E-state index < -0.39 is 0 Å². The van der Waals surface area contributed by atoms with E-state index in [1.54, 1.807) is 0 Å². The number of allylic oxidation sites excluding steroid dienone is 1. The topological polar surface area (TPSA) is 32.3 Å². The second-order valence-corrected chi connectivity index (χ2v) is 4.34. The third-order valence-corrected chi connectivity index (χ3v) is 2.75. The predicted octanol–water partition coefficient (Wildman–Crippen LogP) is 2.88. The molecule has 0 aromatic heterocycles. The molecule has 1 rings (SSSR count). The summed E-state index contributed by atoms with van der Waals surface area (Å²) in [4.78, 5) is 0. The molecule has 1 unspecified atom stereocenters. The van der Waals surface area contributed by atoms with Crippen molar-refractivity contribution >= 4 is 0 Å². The van der Waals surface area contributed by atoms with Crippen LogP contribution in [0.4, 0.5) is 0 Å². The van der Waals surface area contributed by atoms with Gasteiger partial charge >= 0.3 is 0 Å². The van der Waals surface area contributed by atoms with Crippen LogP contribution in [0.1, 0.15) is 31.2 Å². The fourth-order valence-corrected chi connectivity index (χ4v) is 1.75. The van der Waals surface area contributed by atoms with Crippen LogP contribution in [0.3, 0.4) is 0 Å². The van der Waals surface area contributed by atoms with E-state index in [1.807, 2.05) is 24.3 Å². The normalized spacial score (nSPS) is 12.3. The number of hydrogen-bond acceptors (Lipinski definition) is 2. The average molecular weight is 233 g/mol. The molecule has 0 fully saturated rings. The van der Waals surface area contributed by atoms with Crippen molar-refractivity contribution in [3.8, 4) is 0 Å². The molecule has 2 N–H and O–H groups in total. The minimum Gasteiger partial charge on any atom is -0.392 e. The second-order valence-electron chi connectivity index (χ2n) is 4.34. The summed E-state index contributed by atoms with van der Waals surface area (Å²) in [5.41, 5.74) is 1.26. The van der Waals surface area contributed by atoms with E-state index in [2.05, 4.69) is 24.0 Å². The van der Waals surface area contributed by atoms with Crippen molar-refractivity contribution < 1.29 is 5.11 Å². The Kier molecular flexibility index (Phi) is 7.35. The molecule has 17 heavy (non-hydrogen) atoms. The zero-order valence-corrected chi connectivity index (χ0v) is 10.4. The predicted molar refractivity (Wildman–Crippen MR) is 72.8 cm³/mol. The van der Waals surface area contributed by atoms with Crippen LogP contribution >= 0.6 is 0 Å². The molecule has 0 radical (unpaired) electrons. The van der Waals surface area contributed by atoms with Crippen LogP contribution in [-0.2, 0) is 6.54 Å². The quantitative estimate of drug-likeness (QED) is 0.508. The molecule has 0 spiro atoms.